The molecule has 1 aromatic heterocycles. The first kappa shape index (κ1) is 16.4. The number of pyridine rings is 1. The highest BCUT2D eigenvalue weighted by atomic mass is 127. The van der Waals surface area contributed by atoms with Crippen LogP contribution in [0.1, 0.15) is 0 Å². The Bertz CT molecular complexity index is 385. The van der Waals surface area contributed by atoms with Gasteiger partial charge in [0.1, 0.15) is 12.4 Å². The minimum atomic E-state index is 0. The number of hydrogen-bond acceptors (Lipinski definition) is 4. The molecule has 5 nitrogen and oxygen atoms in total. The minimum Gasteiger partial charge on any atom is -0.490 e. The standard InChI is InChI=1S/C12H18N4OS.HI/c13-12(16-5-8-18-9-6-16)15-4-7-17-11-2-1-3-14-10-11;/h1-3,10H,4-9H2,(H2,13,15);1H. The monoisotopic (exact) mass is 394 g/mol. The molecule has 1 aromatic rings. The van der Waals surface area contributed by atoms with Gasteiger partial charge in [-0.25, -0.2) is 4.99 Å². The summed E-state index contributed by atoms with van der Waals surface area (Å²) in [4.78, 5) is 10.4. The number of aromatic nitrogens is 1. The zero-order chi connectivity index (χ0) is 12.6. The van der Waals surface area contributed by atoms with Gasteiger partial charge in [-0.2, -0.15) is 11.8 Å². The molecule has 0 aromatic carbocycles. The van der Waals surface area contributed by atoms with Crippen LogP contribution < -0.4 is 10.5 Å². The molecule has 1 fully saturated rings. The van der Waals surface area contributed by atoms with Crippen molar-refractivity contribution >= 4 is 41.7 Å². The molecule has 0 amide bonds. The lowest BCUT2D eigenvalue weighted by Gasteiger charge is -2.27. The first-order valence-electron chi connectivity index (χ1n) is 6.02. The molecule has 0 unspecified atom stereocenters. The number of ether oxygens (including phenoxy) is 1. The van der Waals surface area contributed by atoms with Crippen LogP contribution >= 0.6 is 35.7 Å². The predicted octanol–water partition coefficient (Wildman–Crippen LogP) is 1.44. The molecule has 19 heavy (non-hydrogen) atoms. The molecule has 0 radical (unpaired) electrons. The SMILES string of the molecule is I.NC(=NCCOc1cccnc1)N1CCSCC1. The van der Waals surface area contributed by atoms with E-state index in [1.165, 1.54) is 0 Å². The number of guanidine groups is 1. The fourth-order valence-electron chi connectivity index (χ4n) is 1.65. The Kier molecular flexibility index (Phi) is 7.96. The number of nitrogens with two attached hydrogens (primary N) is 1. The Morgan fingerprint density at radius 2 is 2.26 bits per heavy atom. The molecule has 0 saturated carbocycles. The lowest BCUT2D eigenvalue weighted by Crippen LogP contribution is -2.42. The van der Waals surface area contributed by atoms with E-state index < -0.39 is 0 Å². The van der Waals surface area contributed by atoms with Gasteiger partial charge in [0, 0.05) is 30.8 Å². The molecular formula is C12H19IN4OS. The smallest absolute Gasteiger partial charge is 0.191 e. The second kappa shape index (κ2) is 9.24. The van der Waals surface area contributed by atoms with Crippen molar-refractivity contribution in [1.82, 2.24) is 9.88 Å². The van der Waals surface area contributed by atoms with Crippen molar-refractivity contribution in [1.29, 1.82) is 0 Å². The van der Waals surface area contributed by atoms with Gasteiger partial charge in [-0.05, 0) is 12.1 Å². The van der Waals surface area contributed by atoms with Gasteiger partial charge in [0.2, 0.25) is 0 Å². The summed E-state index contributed by atoms with van der Waals surface area (Å²) in [6.07, 6.45) is 3.41. The summed E-state index contributed by atoms with van der Waals surface area (Å²) in [5, 5.41) is 0. The maximum Gasteiger partial charge on any atom is 0.191 e. The average Bonchev–Trinajstić information content (AvgIpc) is 2.45. The van der Waals surface area contributed by atoms with Gasteiger partial charge < -0.3 is 15.4 Å². The van der Waals surface area contributed by atoms with Crippen molar-refractivity contribution in [2.24, 2.45) is 10.7 Å². The molecule has 2 N–H and O–H groups in total. The summed E-state index contributed by atoms with van der Waals surface area (Å²) >= 11 is 1.96. The molecule has 2 rings (SSSR count). The highest BCUT2D eigenvalue weighted by Gasteiger charge is 2.11. The van der Waals surface area contributed by atoms with E-state index in [1.807, 2.05) is 23.9 Å². The van der Waals surface area contributed by atoms with Gasteiger partial charge in [-0.1, -0.05) is 0 Å². The lowest BCUT2D eigenvalue weighted by molar-refractivity contribution is 0.326. The van der Waals surface area contributed by atoms with Gasteiger partial charge >= 0.3 is 0 Å². The van der Waals surface area contributed by atoms with Crippen molar-refractivity contribution in [3.8, 4) is 5.75 Å². The van der Waals surface area contributed by atoms with E-state index in [2.05, 4.69) is 14.9 Å². The largest absolute Gasteiger partial charge is 0.490 e. The van der Waals surface area contributed by atoms with Crippen LogP contribution in [0.15, 0.2) is 29.5 Å². The Morgan fingerprint density at radius 3 is 2.95 bits per heavy atom. The molecule has 0 bridgehead atoms. The van der Waals surface area contributed by atoms with Crippen LogP contribution in [0.4, 0.5) is 0 Å². The highest BCUT2D eigenvalue weighted by Crippen LogP contribution is 2.08. The number of thioether (sulfide) groups is 1. The van der Waals surface area contributed by atoms with Gasteiger partial charge in [-0.3, -0.25) is 4.98 Å². The molecule has 2 heterocycles. The third-order valence-electron chi connectivity index (χ3n) is 2.60. The summed E-state index contributed by atoms with van der Waals surface area (Å²) < 4.78 is 5.50. The van der Waals surface area contributed by atoms with Crippen LogP contribution in [0.25, 0.3) is 0 Å². The molecular weight excluding hydrogens is 375 g/mol. The van der Waals surface area contributed by atoms with Gasteiger partial charge in [-0.15, -0.1) is 24.0 Å². The van der Waals surface area contributed by atoms with Crippen molar-refractivity contribution < 1.29 is 4.74 Å². The van der Waals surface area contributed by atoms with Crippen LogP contribution in [0, 0.1) is 0 Å². The fourth-order valence-corrected chi connectivity index (χ4v) is 2.55. The summed E-state index contributed by atoms with van der Waals surface area (Å²) in [6, 6.07) is 3.72. The normalized spacial score (nSPS) is 15.8. The van der Waals surface area contributed by atoms with E-state index in [-0.39, 0.29) is 24.0 Å². The third kappa shape index (κ3) is 5.85. The van der Waals surface area contributed by atoms with Gasteiger partial charge in [0.05, 0.1) is 12.7 Å². The molecule has 0 spiro atoms. The average molecular weight is 394 g/mol. The van der Waals surface area contributed by atoms with Crippen molar-refractivity contribution in [2.75, 3.05) is 37.7 Å². The maximum absolute atomic E-state index is 5.93. The first-order valence-corrected chi connectivity index (χ1v) is 7.17. The quantitative estimate of drug-likeness (QED) is 0.363. The Morgan fingerprint density at radius 1 is 1.47 bits per heavy atom. The van der Waals surface area contributed by atoms with Gasteiger partial charge in [0.25, 0.3) is 0 Å². The maximum atomic E-state index is 5.93. The number of hydrogen-bond donors (Lipinski definition) is 1. The Labute approximate surface area is 135 Å². The topological polar surface area (TPSA) is 63.7 Å². The summed E-state index contributed by atoms with van der Waals surface area (Å²) in [5.74, 6) is 3.65. The van der Waals surface area contributed by atoms with Crippen LogP contribution in [-0.4, -0.2) is 53.6 Å². The van der Waals surface area contributed by atoms with Crippen LogP contribution in [0.3, 0.4) is 0 Å². The Hall–Kier alpha value is -0.700. The third-order valence-corrected chi connectivity index (χ3v) is 3.55. The zero-order valence-electron chi connectivity index (χ0n) is 10.7. The summed E-state index contributed by atoms with van der Waals surface area (Å²) in [6.45, 7) is 3.08. The minimum absolute atomic E-state index is 0. The van der Waals surface area contributed by atoms with Crippen LogP contribution in [0.5, 0.6) is 5.75 Å². The van der Waals surface area contributed by atoms with E-state index in [1.54, 1.807) is 12.4 Å². The molecule has 7 heteroatoms. The van der Waals surface area contributed by atoms with Crippen molar-refractivity contribution in [3.63, 3.8) is 0 Å². The molecule has 1 saturated heterocycles. The van der Waals surface area contributed by atoms with Gasteiger partial charge in [0.15, 0.2) is 5.96 Å². The van der Waals surface area contributed by atoms with Crippen LogP contribution in [-0.2, 0) is 0 Å². The number of nitrogens with zero attached hydrogens (tertiary/aromatic N) is 3. The van der Waals surface area contributed by atoms with E-state index >= 15 is 0 Å². The van der Waals surface area contributed by atoms with E-state index in [0.29, 0.717) is 19.1 Å². The van der Waals surface area contributed by atoms with E-state index in [9.17, 15) is 0 Å². The van der Waals surface area contributed by atoms with Crippen molar-refractivity contribution in [3.05, 3.63) is 24.5 Å². The second-order valence-corrected chi connectivity index (χ2v) is 5.10. The summed E-state index contributed by atoms with van der Waals surface area (Å²) in [7, 11) is 0. The van der Waals surface area contributed by atoms with Crippen molar-refractivity contribution in [2.45, 2.75) is 0 Å². The zero-order valence-corrected chi connectivity index (χ0v) is 13.8. The molecule has 0 atom stereocenters. The second-order valence-electron chi connectivity index (χ2n) is 3.88. The highest BCUT2D eigenvalue weighted by molar-refractivity contribution is 14.0. The molecule has 1 aliphatic heterocycles. The van der Waals surface area contributed by atoms with Crippen LogP contribution in [0.2, 0.25) is 0 Å². The number of rotatable bonds is 4. The first-order chi connectivity index (χ1) is 8.86. The number of aliphatic imine (C=N–C) groups is 1. The molecule has 0 aliphatic carbocycles. The van der Waals surface area contributed by atoms with E-state index in [0.717, 1.165) is 30.3 Å². The molecule has 1 aliphatic rings. The number of halogens is 1. The summed E-state index contributed by atoms with van der Waals surface area (Å²) in [5.41, 5.74) is 5.93. The fraction of sp³-hybridized carbons (Fsp3) is 0.500. The predicted molar refractivity (Wildman–Crippen MR) is 90.5 cm³/mol. The lowest BCUT2D eigenvalue weighted by atomic mass is 10.5. The van der Waals surface area contributed by atoms with E-state index in [4.69, 9.17) is 10.5 Å². The molecule has 106 valence electrons. The Balaban J connectivity index is 0.00000180.